The van der Waals surface area contributed by atoms with Gasteiger partial charge in [0.2, 0.25) is 5.91 Å². The number of aryl methyl sites for hydroxylation is 2. The third kappa shape index (κ3) is 5.02. The molecule has 1 aromatic heterocycles. The van der Waals surface area contributed by atoms with Crippen molar-refractivity contribution in [2.24, 2.45) is 5.92 Å². The molecule has 0 aliphatic heterocycles. The minimum Gasteiger partial charge on any atom is -0.481 e. The van der Waals surface area contributed by atoms with E-state index in [4.69, 9.17) is 0 Å². The number of nitrogens with one attached hydrogen (secondary N) is 1. The van der Waals surface area contributed by atoms with E-state index in [0.717, 1.165) is 27.7 Å². The van der Waals surface area contributed by atoms with Gasteiger partial charge in [0.15, 0.2) is 0 Å². The zero-order chi connectivity index (χ0) is 21.0. The maximum absolute atomic E-state index is 12.4. The predicted molar refractivity (Wildman–Crippen MR) is 113 cm³/mol. The fourth-order valence-electron chi connectivity index (χ4n) is 3.74. The van der Waals surface area contributed by atoms with Crippen LogP contribution in [0.15, 0.2) is 48.5 Å². The minimum atomic E-state index is -0.912. The number of carboxylic acid groups (broad SMARTS) is 1. The van der Waals surface area contributed by atoms with E-state index in [9.17, 15) is 14.7 Å². The summed E-state index contributed by atoms with van der Waals surface area (Å²) < 4.78 is 1.83. The number of amides is 1. The highest BCUT2D eigenvalue weighted by Gasteiger charge is 2.21. The van der Waals surface area contributed by atoms with Crippen LogP contribution in [-0.4, -0.2) is 33.3 Å². The quantitative estimate of drug-likeness (QED) is 0.612. The molecule has 0 saturated carbocycles. The number of aliphatic carboxylic acids is 1. The van der Waals surface area contributed by atoms with Gasteiger partial charge in [-0.15, -0.1) is 0 Å². The molecular weight excluding hydrogens is 366 g/mol. The van der Waals surface area contributed by atoms with Crippen LogP contribution in [0.1, 0.15) is 36.3 Å². The van der Waals surface area contributed by atoms with Crippen LogP contribution in [0.4, 0.5) is 0 Å². The molecule has 6 nitrogen and oxygen atoms in total. The van der Waals surface area contributed by atoms with Crippen molar-refractivity contribution in [3.05, 3.63) is 65.5 Å². The summed E-state index contributed by atoms with van der Waals surface area (Å²) >= 11 is 0. The normalized spacial score (nSPS) is 13.2. The van der Waals surface area contributed by atoms with Crippen molar-refractivity contribution < 1.29 is 14.7 Å². The van der Waals surface area contributed by atoms with Gasteiger partial charge in [-0.2, -0.15) is 5.10 Å². The van der Waals surface area contributed by atoms with Crippen LogP contribution in [0.2, 0.25) is 0 Å². The zero-order valence-corrected chi connectivity index (χ0v) is 17.1. The lowest BCUT2D eigenvalue weighted by Gasteiger charge is -2.17. The van der Waals surface area contributed by atoms with E-state index in [1.165, 1.54) is 0 Å². The Hall–Kier alpha value is -3.15. The number of aromatic nitrogens is 2. The lowest BCUT2D eigenvalue weighted by molar-refractivity contribution is -0.141. The number of carboxylic acids is 1. The Balaban J connectivity index is 1.63. The summed E-state index contributed by atoms with van der Waals surface area (Å²) in [7, 11) is 0. The van der Waals surface area contributed by atoms with Gasteiger partial charge in [-0.1, -0.05) is 42.5 Å². The molecule has 0 aliphatic carbocycles. The number of nitrogens with zero attached hydrogens (tertiary/aromatic N) is 2. The smallest absolute Gasteiger partial charge is 0.308 e. The first-order valence-corrected chi connectivity index (χ1v) is 9.84. The lowest BCUT2D eigenvalue weighted by atomic mass is 9.94. The average Bonchev–Trinajstić information content (AvgIpc) is 3.03. The summed E-state index contributed by atoms with van der Waals surface area (Å²) in [6.45, 7) is 5.91. The molecule has 3 aromatic rings. The Bertz CT molecular complexity index is 1020. The second-order valence-corrected chi connectivity index (χ2v) is 7.61. The van der Waals surface area contributed by atoms with E-state index < -0.39 is 11.9 Å². The monoisotopic (exact) mass is 393 g/mol. The van der Waals surface area contributed by atoms with Crippen LogP contribution >= 0.6 is 0 Å². The van der Waals surface area contributed by atoms with Crippen molar-refractivity contribution in [1.82, 2.24) is 15.1 Å². The van der Waals surface area contributed by atoms with Gasteiger partial charge < -0.3 is 10.4 Å². The zero-order valence-electron chi connectivity index (χ0n) is 17.1. The Labute approximate surface area is 170 Å². The third-order valence-corrected chi connectivity index (χ3v) is 5.18. The molecule has 0 spiro atoms. The van der Waals surface area contributed by atoms with Gasteiger partial charge in [0.25, 0.3) is 0 Å². The van der Waals surface area contributed by atoms with Gasteiger partial charge in [0.1, 0.15) is 0 Å². The van der Waals surface area contributed by atoms with Crippen molar-refractivity contribution in [3.8, 4) is 0 Å². The maximum Gasteiger partial charge on any atom is 0.308 e. The van der Waals surface area contributed by atoms with Crippen LogP contribution < -0.4 is 5.32 Å². The summed E-state index contributed by atoms with van der Waals surface area (Å²) in [4.78, 5) is 24.2. The molecule has 152 valence electrons. The SMILES string of the molecule is Cc1cc(C)n(C(C)CC(=O)NCC(Cc2cccc3ccccc23)C(=O)O)n1. The Morgan fingerprint density at radius 1 is 1.14 bits per heavy atom. The second kappa shape index (κ2) is 8.90. The fourth-order valence-corrected chi connectivity index (χ4v) is 3.74. The second-order valence-electron chi connectivity index (χ2n) is 7.61. The topological polar surface area (TPSA) is 84.2 Å². The van der Waals surface area contributed by atoms with E-state index >= 15 is 0 Å². The van der Waals surface area contributed by atoms with Crippen molar-refractivity contribution in [1.29, 1.82) is 0 Å². The van der Waals surface area contributed by atoms with Crippen LogP contribution in [-0.2, 0) is 16.0 Å². The number of fused-ring (bicyclic) bond motifs is 1. The number of hydrogen-bond donors (Lipinski definition) is 2. The van der Waals surface area contributed by atoms with E-state index in [2.05, 4.69) is 10.4 Å². The molecule has 6 heteroatoms. The third-order valence-electron chi connectivity index (χ3n) is 5.18. The first kappa shape index (κ1) is 20.6. The molecule has 0 aliphatic rings. The van der Waals surface area contributed by atoms with Gasteiger partial charge in [0.05, 0.1) is 17.7 Å². The number of carbonyl (C=O) groups is 2. The first-order chi connectivity index (χ1) is 13.8. The Morgan fingerprint density at radius 3 is 2.55 bits per heavy atom. The van der Waals surface area contributed by atoms with Crippen molar-refractivity contribution in [2.75, 3.05) is 6.54 Å². The summed E-state index contributed by atoms with van der Waals surface area (Å²) in [5.41, 5.74) is 2.89. The highest BCUT2D eigenvalue weighted by molar-refractivity contribution is 5.86. The number of carbonyl (C=O) groups excluding carboxylic acids is 1. The molecule has 0 bridgehead atoms. The van der Waals surface area contributed by atoms with Gasteiger partial charge in [0, 0.05) is 18.7 Å². The summed E-state index contributed by atoms with van der Waals surface area (Å²) in [5, 5.41) is 19.0. The van der Waals surface area contributed by atoms with Crippen LogP contribution in [0.25, 0.3) is 10.8 Å². The number of hydrogen-bond acceptors (Lipinski definition) is 3. The highest BCUT2D eigenvalue weighted by Crippen LogP contribution is 2.21. The molecule has 1 amide bonds. The maximum atomic E-state index is 12.4. The van der Waals surface area contributed by atoms with E-state index in [0.29, 0.717) is 6.42 Å². The molecule has 1 heterocycles. The standard InChI is InChI=1S/C23H27N3O3/c1-15-11-16(2)26(25-15)17(3)12-22(27)24-14-20(23(28)29)13-19-9-6-8-18-7-4-5-10-21(18)19/h4-11,17,20H,12-14H2,1-3H3,(H,24,27)(H,28,29). The molecular formula is C23H27N3O3. The van der Waals surface area contributed by atoms with Gasteiger partial charge in [-0.05, 0) is 49.6 Å². The van der Waals surface area contributed by atoms with Gasteiger partial charge in [-0.3, -0.25) is 14.3 Å². The van der Waals surface area contributed by atoms with E-state index in [-0.39, 0.29) is 24.9 Å². The molecule has 2 atom stereocenters. The first-order valence-electron chi connectivity index (χ1n) is 9.84. The summed E-state index contributed by atoms with van der Waals surface area (Å²) in [5.74, 6) is -1.77. The largest absolute Gasteiger partial charge is 0.481 e. The Kier molecular flexibility index (Phi) is 6.32. The molecule has 3 rings (SSSR count). The molecule has 0 fully saturated rings. The number of benzene rings is 2. The Morgan fingerprint density at radius 2 is 1.86 bits per heavy atom. The van der Waals surface area contributed by atoms with E-state index in [1.54, 1.807) is 0 Å². The molecule has 0 saturated heterocycles. The van der Waals surface area contributed by atoms with Crippen molar-refractivity contribution in [3.63, 3.8) is 0 Å². The fraction of sp³-hybridized carbons (Fsp3) is 0.348. The molecule has 2 N–H and O–H groups in total. The number of rotatable bonds is 8. The van der Waals surface area contributed by atoms with Crippen LogP contribution in [0.5, 0.6) is 0 Å². The molecule has 0 radical (unpaired) electrons. The highest BCUT2D eigenvalue weighted by atomic mass is 16.4. The predicted octanol–water partition coefficient (Wildman–Crippen LogP) is 3.66. The molecule has 2 unspecified atom stereocenters. The van der Waals surface area contributed by atoms with Crippen LogP contribution in [0.3, 0.4) is 0 Å². The molecule has 2 aromatic carbocycles. The van der Waals surface area contributed by atoms with Gasteiger partial charge >= 0.3 is 5.97 Å². The van der Waals surface area contributed by atoms with E-state index in [1.807, 2.05) is 74.0 Å². The van der Waals surface area contributed by atoms with Crippen molar-refractivity contribution >= 4 is 22.6 Å². The lowest BCUT2D eigenvalue weighted by Crippen LogP contribution is -2.35. The average molecular weight is 393 g/mol. The summed E-state index contributed by atoms with van der Waals surface area (Å²) in [6.07, 6.45) is 0.618. The van der Waals surface area contributed by atoms with Crippen molar-refractivity contribution in [2.45, 2.75) is 39.7 Å². The minimum absolute atomic E-state index is 0.0926. The van der Waals surface area contributed by atoms with Crippen LogP contribution in [0, 0.1) is 19.8 Å². The molecule has 29 heavy (non-hydrogen) atoms. The summed E-state index contributed by atoms with van der Waals surface area (Å²) in [6, 6.07) is 15.7. The van der Waals surface area contributed by atoms with Gasteiger partial charge in [-0.25, -0.2) is 0 Å².